The molecule has 0 spiro atoms. The molecule has 1 aromatic rings. The first kappa shape index (κ1) is 13.3. The Morgan fingerprint density at radius 1 is 1.62 bits per heavy atom. The van der Waals surface area contributed by atoms with Crippen LogP contribution in [0.4, 0.5) is 4.39 Å². The first-order valence-corrected chi connectivity index (χ1v) is 5.41. The summed E-state index contributed by atoms with van der Waals surface area (Å²) >= 11 is 11.0. The van der Waals surface area contributed by atoms with Gasteiger partial charge < -0.3 is 9.84 Å². The minimum absolute atomic E-state index is 0.0798. The van der Waals surface area contributed by atoms with Gasteiger partial charge in [0.1, 0.15) is 18.2 Å². The second-order valence-corrected chi connectivity index (χ2v) is 3.91. The second-order valence-electron chi connectivity index (χ2n) is 3.20. The smallest absolute Gasteiger partial charge is 0.125 e. The zero-order chi connectivity index (χ0) is 12.1. The Hall–Kier alpha value is -0.770. The summed E-state index contributed by atoms with van der Waals surface area (Å²) in [6.45, 7) is 1.61. The van der Waals surface area contributed by atoms with Crippen LogP contribution >= 0.6 is 23.2 Å². The zero-order valence-corrected chi connectivity index (χ0v) is 10.1. The lowest BCUT2D eigenvalue weighted by Crippen LogP contribution is -2.02. The Morgan fingerprint density at radius 3 is 2.88 bits per heavy atom. The predicted molar refractivity (Wildman–Crippen MR) is 62.3 cm³/mol. The van der Waals surface area contributed by atoms with Gasteiger partial charge in [-0.1, -0.05) is 23.2 Å². The molecule has 0 heterocycles. The van der Waals surface area contributed by atoms with E-state index in [4.69, 9.17) is 27.9 Å². The third-order valence-corrected chi connectivity index (χ3v) is 2.50. The van der Waals surface area contributed by atoms with Gasteiger partial charge in [-0.15, -0.1) is 0 Å². The predicted octanol–water partition coefficient (Wildman–Crippen LogP) is 3.58. The van der Waals surface area contributed by atoms with Crippen LogP contribution in [0.1, 0.15) is 18.6 Å². The van der Waals surface area contributed by atoms with E-state index >= 15 is 0 Å². The Morgan fingerprint density at radius 2 is 2.31 bits per heavy atom. The van der Waals surface area contributed by atoms with E-state index < -0.39 is 11.9 Å². The number of hydrogen-bond acceptors (Lipinski definition) is 2. The molecule has 88 valence electrons. The summed E-state index contributed by atoms with van der Waals surface area (Å²) in [6, 6.07) is 3.91. The fourth-order valence-corrected chi connectivity index (χ4v) is 1.27. The minimum Gasteiger partial charge on any atom is -0.488 e. The minimum atomic E-state index is -0.815. The van der Waals surface area contributed by atoms with E-state index in [0.29, 0.717) is 16.3 Å². The van der Waals surface area contributed by atoms with Crippen molar-refractivity contribution in [3.05, 3.63) is 40.1 Å². The van der Waals surface area contributed by atoms with E-state index in [0.717, 1.165) is 0 Å². The van der Waals surface area contributed by atoms with Gasteiger partial charge in [0.05, 0.1) is 11.1 Å². The number of hydrogen-bond donors (Lipinski definition) is 1. The molecule has 0 unspecified atom stereocenters. The van der Waals surface area contributed by atoms with Gasteiger partial charge in [0, 0.05) is 11.1 Å². The summed E-state index contributed by atoms with van der Waals surface area (Å²) < 4.78 is 18.2. The first-order chi connectivity index (χ1) is 7.54. The van der Waals surface area contributed by atoms with E-state index in [9.17, 15) is 9.50 Å². The molecule has 1 N–H and O–H groups in total. The molecule has 1 atom stereocenters. The van der Waals surface area contributed by atoms with Crippen LogP contribution in [0.2, 0.25) is 0 Å². The third-order valence-electron chi connectivity index (χ3n) is 1.91. The van der Waals surface area contributed by atoms with Crippen molar-refractivity contribution in [1.29, 1.82) is 0 Å². The van der Waals surface area contributed by atoms with E-state index in [1.54, 1.807) is 0 Å². The summed E-state index contributed by atoms with van der Waals surface area (Å²) in [5.41, 5.74) is 1.56. The normalized spacial score (nSPS) is 13.7. The molecule has 16 heavy (non-hydrogen) atoms. The molecule has 0 saturated carbocycles. The maximum absolute atomic E-state index is 12.9. The monoisotopic (exact) mass is 264 g/mol. The van der Waals surface area contributed by atoms with Crippen molar-refractivity contribution in [2.45, 2.75) is 13.0 Å². The van der Waals surface area contributed by atoms with E-state index in [1.807, 2.05) is 0 Å². The van der Waals surface area contributed by atoms with Gasteiger partial charge in [-0.25, -0.2) is 4.39 Å². The molecule has 0 aliphatic rings. The number of aliphatic hydroxyl groups is 1. The molecule has 0 radical (unpaired) electrons. The average Bonchev–Trinajstić information content (AvgIpc) is 2.26. The van der Waals surface area contributed by atoms with Crippen molar-refractivity contribution >= 4 is 23.2 Å². The molecular formula is C11H11Cl2FO2. The highest BCUT2D eigenvalue weighted by molar-refractivity contribution is 6.36. The number of rotatable bonds is 4. The SMILES string of the molecule is C[C@@H](O)c1cc(F)ccc1OCC(Cl)=CCl. The second kappa shape index (κ2) is 6.09. The van der Waals surface area contributed by atoms with Crippen LogP contribution in [0.15, 0.2) is 28.8 Å². The van der Waals surface area contributed by atoms with Crippen molar-refractivity contribution < 1.29 is 14.2 Å². The molecule has 1 aromatic carbocycles. The van der Waals surface area contributed by atoms with E-state index in [1.165, 1.54) is 30.7 Å². The Bertz CT molecular complexity index is 392. The molecule has 2 nitrogen and oxygen atoms in total. The summed E-state index contributed by atoms with van der Waals surface area (Å²) in [5.74, 6) is -0.0460. The molecule has 0 saturated heterocycles. The number of halogens is 3. The average molecular weight is 265 g/mol. The van der Waals surface area contributed by atoms with Gasteiger partial charge in [0.25, 0.3) is 0 Å². The number of aliphatic hydroxyl groups excluding tert-OH is 1. The van der Waals surface area contributed by atoms with E-state index in [2.05, 4.69) is 0 Å². The molecule has 1 rings (SSSR count). The van der Waals surface area contributed by atoms with Crippen LogP contribution in [0, 0.1) is 5.82 Å². The first-order valence-electron chi connectivity index (χ1n) is 4.59. The van der Waals surface area contributed by atoms with Crippen LogP contribution < -0.4 is 4.74 Å². The number of ether oxygens (including phenoxy) is 1. The van der Waals surface area contributed by atoms with Crippen molar-refractivity contribution in [2.75, 3.05) is 6.61 Å². The van der Waals surface area contributed by atoms with Gasteiger partial charge in [-0.2, -0.15) is 0 Å². The van der Waals surface area contributed by atoms with Gasteiger partial charge >= 0.3 is 0 Å². The molecule has 0 bridgehead atoms. The fourth-order valence-electron chi connectivity index (χ4n) is 1.16. The van der Waals surface area contributed by atoms with E-state index in [-0.39, 0.29) is 6.61 Å². The molecule has 0 aliphatic carbocycles. The van der Waals surface area contributed by atoms with Gasteiger partial charge in [-0.3, -0.25) is 0 Å². The summed E-state index contributed by atoms with van der Waals surface area (Å²) in [5, 5.41) is 9.75. The third kappa shape index (κ3) is 3.67. The fraction of sp³-hybridized carbons (Fsp3) is 0.273. The maximum Gasteiger partial charge on any atom is 0.125 e. The van der Waals surface area contributed by atoms with Crippen molar-refractivity contribution in [1.82, 2.24) is 0 Å². The van der Waals surface area contributed by atoms with Crippen molar-refractivity contribution in [2.24, 2.45) is 0 Å². The molecule has 0 amide bonds. The van der Waals surface area contributed by atoms with Gasteiger partial charge in [0.2, 0.25) is 0 Å². The molecule has 0 aromatic heterocycles. The topological polar surface area (TPSA) is 29.5 Å². The lowest BCUT2D eigenvalue weighted by atomic mass is 10.1. The Labute approximate surface area is 103 Å². The standard InChI is InChI=1S/C11H11Cl2FO2/c1-7(15)10-4-9(14)2-3-11(10)16-6-8(13)5-12/h2-5,7,15H,6H2,1H3/t7-/m1/s1. The lowest BCUT2D eigenvalue weighted by molar-refractivity contribution is 0.192. The molecule has 0 aliphatic heterocycles. The molecule has 5 heteroatoms. The highest BCUT2D eigenvalue weighted by atomic mass is 35.5. The molecular weight excluding hydrogens is 254 g/mol. The summed E-state index contributed by atoms with van der Waals surface area (Å²) in [4.78, 5) is 0. The largest absolute Gasteiger partial charge is 0.488 e. The van der Waals surface area contributed by atoms with Crippen molar-refractivity contribution in [3.63, 3.8) is 0 Å². The number of benzene rings is 1. The maximum atomic E-state index is 12.9. The zero-order valence-electron chi connectivity index (χ0n) is 8.58. The summed E-state index contributed by atoms with van der Waals surface area (Å²) in [6.07, 6.45) is -0.815. The van der Waals surface area contributed by atoms with Crippen LogP contribution in [-0.4, -0.2) is 11.7 Å². The van der Waals surface area contributed by atoms with Gasteiger partial charge in [0.15, 0.2) is 0 Å². The highest BCUT2D eigenvalue weighted by Crippen LogP contribution is 2.26. The summed E-state index contributed by atoms with van der Waals surface area (Å²) in [7, 11) is 0. The van der Waals surface area contributed by atoms with Crippen molar-refractivity contribution in [3.8, 4) is 5.75 Å². The lowest BCUT2D eigenvalue weighted by Gasteiger charge is -2.13. The van der Waals surface area contributed by atoms with Crippen LogP contribution in [0.25, 0.3) is 0 Å². The van der Waals surface area contributed by atoms with Gasteiger partial charge in [-0.05, 0) is 25.1 Å². The van der Waals surface area contributed by atoms with Crippen LogP contribution in [0.3, 0.4) is 0 Å². The van der Waals surface area contributed by atoms with Crippen LogP contribution in [-0.2, 0) is 0 Å². The molecule has 0 fully saturated rings. The highest BCUT2D eigenvalue weighted by Gasteiger charge is 2.10. The Kier molecular flexibility index (Phi) is 5.06. The quantitative estimate of drug-likeness (QED) is 0.901. The van der Waals surface area contributed by atoms with Crippen LogP contribution in [0.5, 0.6) is 5.75 Å². The Balaban J connectivity index is 2.87.